The number of nitrogens with zero attached hydrogens (tertiary/aromatic N) is 4. The van der Waals surface area contributed by atoms with E-state index < -0.39 is 6.09 Å². The average Bonchev–Trinajstić information content (AvgIpc) is 3.12. The molecular weight excluding hydrogens is 322 g/mol. The van der Waals surface area contributed by atoms with E-state index in [4.69, 9.17) is 4.74 Å². The molecule has 2 heterocycles. The summed E-state index contributed by atoms with van der Waals surface area (Å²) >= 11 is 0. The van der Waals surface area contributed by atoms with Crippen molar-refractivity contribution in [2.75, 3.05) is 11.9 Å². The monoisotopic (exact) mass is 339 g/mol. The summed E-state index contributed by atoms with van der Waals surface area (Å²) in [5, 5.41) is 19.8. The fourth-order valence-corrected chi connectivity index (χ4v) is 2.19. The Morgan fingerprint density at radius 3 is 2.80 bits per heavy atom. The number of aliphatic hydroxyl groups excluding tert-OH is 1. The first-order valence-electron chi connectivity index (χ1n) is 7.69. The number of pyridine rings is 1. The Bertz CT molecular complexity index is 850. The number of amides is 1. The second-order valence-electron chi connectivity index (χ2n) is 5.33. The van der Waals surface area contributed by atoms with Gasteiger partial charge in [-0.2, -0.15) is 0 Å². The van der Waals surface area contributed by atoms with Crippen LogP contribution in [0, 0.1) is 0 Å². The predicted molar refractivity (Wildman–Crippen MR) is 91.1 cm³/mol. The molecule has 0 radical (unpaired) electrons. The van der Waals surface area contributed by atoms with Crippen molar-refractivity contribution in [3.63, 3.8) is 0 Å². The Morgan fingerprint density at radius 2 is 2.04 bits per heavy atom. The molecule has 128 valence electrons. The Labute approximate surface area is 144 Å². The highest BCUT2D eigenvalue weighted by Gasteiger charge is 2.14. The van der Waals surface area contributed by atoms with Crippen LogP contribution in [0.2, 0.25) is 0 Å². The molecule has 8 heteroatoms. The molecule has 2 N–H and O–H groups in total. The van der Waals surface area contributed by atoms with Crippen molar-refractivity contribution in [1.29, 1.82) is 0 Å². The van der Waals surface area contributed by atoms with Crippen LogP contribution in [0.5, 0.6) is 5.75 Å². The molecule has 25 heavy (non-hydrogen) atoms. The van der Waals surface area contributed by atoms with E-state index in [9.17, 15) is 9.90 Å². The van der Waals surface area contributed by atoms with Gasteiger partial charge in [-0.1, -0.05) is 24.3 Å². The third-order valence-corrected chi connectivity index (χ3v) is 3.47. The van der Waals surface area contributed by atoms with Gasteiger partial charge in [-0.3, -0.25) is 5.32 Å². The molecule has 1 unspecified atom stereocenters. The molecule has 0 saturated heterocycles. The SMILES string of the molecule is CC(CO)n1cnnc1-c1cccc(NC(=O)Oc2ccccc2)n1. The van der Waals surface area contributed by atoms with Crippen LogP contribution in [0.4, 0.5) is 10.6 Å². The van der Waals surface area contributed by atoms with Crippen LogP contribution in [-0.4, -0.2) is 37.6 Å². The molecule has 3 aromatic rings. The van der Waals surface area contributed by atoms with E-state index in [-0.39, 0.29) is 12.6 Å². The minimum atomic E-state index is -0.638. The summed E-state index contributed by atoms with van der Waals surface area (Å²) in [6.07, 6.45) is 0.892. The van der Waals surface area contributed by atoms with E-state index in [1.54, 1.807) is 47.0 Å². The molecule has 3 rings (SSSR count). The topological polar surface area (TPSA) is 102 Å². The van der Waals surface area contributed by atoms with E-state index >= 15 is 0 Å². The zero-order valence-electron chi connectivity index (χ0n) is 13.5. The van der Waals surface area contributed by atoms with Crippen LogP contribution < -0.4 is 10.1 Å². The van der Waals surface area contributed by atoms with Crippen LogP contribution in [0.15, 0.2) is 54.9 Å². The van der Waals surface area contributed by atoms with E-state index in [0.717, 1.165) is 0 Å². The molecule has 1 amide bonds. The standard InChI is InChI=1S/C17H17N5O3/c1-12(10-23)22-11-18-21-16(22)14-8-5-9-15(19-14)20-17(24)25-13-6-3-2-4-7-13/h2-9,11-12,23H,10H2,1H3,(H,19,20,24). The number of carbonyl (C=O) groups excluding carboxylic acids is 1. The van der Waals surface area contributed by atoms with Crippen LogP contribution in [0.1, 0.15) is 13.0 Å². The molecule has 0 saturated carbocycles. The molecule has 0 aliphatic heterocycles. The maximum Gasteiger partial charge on any atom is 0.418 e. The highest BCUT2D eigenvalue weighted by atomic mass is 16.6. The van der Waals surface area contributed by atoms with Gasteiger partial charge in [-0.25, -0.2) is 9.78 Å². The van der Waals surface area contributed by atoms with Crippen molar-refractivity contribution < 1.29 is 14.6 Å². The largest absolute Gasteiger partial charge is 0.418 e. The molecule has 0 aliphatic carbocycles. The third kappa shape index (κ3) is 3.99. The van der Waals surface area contributed by atoms with Crippen LogP contribution in [-0.2, 0) is 0 Å². The number of ether oxygens (including phenoxy) is 1. The minimum absolute atomic E-state index is 0.0492. The zero-order chi connectivity index (χ0) is 17.6. The first kappa shape index (κ1) is 16.6. The van der Waals surface area contributed by atoms with E-state index in [0.29, 0.717) is 23.1 Å². The number of hydrogen-bond donors (Lipinski definition) is 2. The second kappa shape index (κ2) is 7.54. The van der Waals surface area contributed by atoms with Gasteiger partial charge in [0.2, 0.25) is 0 Å². The molecule has 0 fully saturated rings. The van der Waals surface area contributed by atoms with Gasteiger partial charge in [-0.15, -0.1) is 10.2 Å². The molecule has 1 atom stereocenters. The Hall–Kier alpha value is -3.26. The van der Waals surface area contributed by atoms with E-state index in [2.05, 4.69) is 20.5 Å². The van der Waals surface area contributed by atoms with E-state index in [1.165, 1.54) is 6.33 Å². The molecule has 8 nitrogen and oxygen atoms in total. The van der Waals surface area contributed by atoms with E-state index in [1.807, 2.05) is 13.0 Å². The molecular formula is C17H17N5O3. The van der Waals surface area contributed by atoms with Crippen molar-refractivity contribution in [3.8, 4) is 17.3 Å². The third-order valence-electron chi connectivity index (χ3n) is 3.47. The lowest BCUT2D eigenvalue weighted by molar-refractivity contribution is 0.215. The van der Waals surface area contributed by atoms with Gasteiger partial charge in [-0.05, 0) is 31.2 Å². The van der Waals surface area contributed by atoms with Gasteiger partial charge in [0.1, 0.15) is 23.6 Å². The number of benzene rings is 1. The van der Waals surface area contributed by atoms with Crippen LogP contribution in [0.25, 0.3) is 11.5 Å². The summed E-state index contributed by atoms with van der Waals surface area (Å²) in [4.78, 5) is 16.3. The maximum absolute atomic E-state index is 12.0. The summed E-state index contributed by atoms with van der Waals surface area (Å²) < 4.78 is 6.89. The summed E-state index contributed by atoms with van der Waals surface area (Å²) in [6.45, 7) is 1.79. The molecule has 0 bridgehead atoms. The average molecular weight is 339 g/mol. The van der Waals surface area contributed by atoms with Crippen molar-refractivity contribution in [3.05, 3.63) is 54.9 Å². The zero-order valence-corrected chi connectivity index (χ0v) is 13.5. The fraction of sp³-hybridized carbons (Fsp3) is 0.176. The van der Waals surface area contributed by atoms with Gasteiger partial charge < -0.3 is 14.4 Å². The smallest absolute Gasteiger partial charge is 0.410 e. The number of aliphatic hydroxyl groups is 1. The van der Waals surface area contributed by atoms with Crippen LogP contribution in [0.3, 0.4) is 0 Å². The van der Waals surface area contributed by atoms with Crippen molar-refractivity contribution in [2.24, 2.45) is 0 Å². The summed E-state index contributed by atoms with van der Waals surface area (Å²) in [7, 11) is 0. The lowest BCUT2D eigenvalue weighted by Gasteiger charge is -2.12. The predicted octanol–water partition coefficient (Wildman–Crippen LogP) is 2.50. The van der Waals surface area contributed by atoms with Gasteiger partial charge in [0, 0.05) is 0 Å². The van der Waals surface area contributed by atoms with Crippen LogP contribution >= 0.6 is 0 Å². The minimum Gasteiger partial charge on any atom is -0.410 e. The highest BCUT2D eigenvalue weighted by Crippen LogP contribution is 2.20. The number of para-hydroxylation sites is 1. The Kier molecular flexibility index (Phi) is 5.00. The number of rotatable bonds is 5. The lowest BCUT2D eigenvalue weighted by Crippen LogP contribution is -2.17. The van der Waals surface area contributed by atoms with Gasteiger partial charge in [0.05, 0.1) is 12.6 Å². The summed E-state index contributed by atoms with van der Waals surface area (Å²) in [5.74, 6) is 1.26. The number of hydrogen-bond acceptors (Lipinski definition) is 6. The number of nitrogens with one attached hydrogen (secondary N) is 1. The van der Waals surface area contributed by atoms with Gasteiger partial charge in [0.15, 0.2) is 5.82 Å². The van der Waals surface area contributed by atoms with Crippen molar-refractivity contribution >= 4 is 11.9 Å². The lowest BCUT2D eigenvalue weighted by atomic mass is 10.3. The summed E-state index contributed by atoms with van der Waals surface area (Å²) in [6, 6.07) is 13.7. The molecule has 2 aromatic heterocycles. The molecule has 0 aliphatic rings. The fourth-order valence-electron chi connectivity index (χ4n) is 2.19. The Morgan fingerprint density at radius 1 is 1.24 bits per heavy atom. The van der Waals surface area contributed by atoms with Gasteiger partial charge in [0.25, 0.3) is 0 Å². The van der Waals surface area contributed by atoms with Crippen molar-refractivity contribution in [2.45, 2.75) is 13.0 Å². The molecule has 0 spiro atoms. The maximum atomic E-state index is 12.0. The van der Waals surface area contributed by atoms with Crippen molar-refractivity contribution in [1.82, 2.24) is 19.7 Å². The first-order valence-corrected chi connectivity index (χ1v) is 7.69. The number of aromatic nitrogens is 4. The number of anilines is 1. The first-order chi connectivity index (χ1) is 12.2. The Balaban J connectivity index is 1.76. The molecule has 1 aromatic carbocycles. The highest BCUT2D eigenvalue weighted by molar-refractivity contribution is 5.85. The quantitative estimate of drug-likeness (QED) is 0.740. The second-order valence-corrected chi connectivity index (χ2v) is 5.33. The normalized spacial score (nSPS) is 11.8. The summed E-state index contributed by atoms with van der Waals surface area (Å²) in [5.41, 5.74) is 0.523. The van der Waals surface area contributed by atoms with Gasteiger partial charge >= 0.3 is 6.09 Å². The number of carbonyl (C=O) groups is 1.